The molecule has 0 N–H and O–H groups in total. The van der Waals surface area contributed by atoms with Crippen molar-refractivity contribution in [1.29, 1.82) is 0 Å². The van der Waals surface area contributed by atoms with Crippen LogP contribution in [0.2, 0.25) is 0 Å². The second-order valence-corrected chi connectivity index (χ2v) is 2.06. The van der Waals surface area contributed by atoms with Crippen LogP contribution in [0.3, 0.4) is 0 Å². The summed E-state index contributed by atoms with van der Waals surface area (Å²) in [5.74, 6) is 0. The lowest BCUT2D eigenvalue weighted by Crippen LogP contribution is -2.31. The number of hydrogen-bond donors (Lipinski definition) is 0. The standard InChI is InChI=1S/C4H8NOS/c7-5-1-3-6-4-2-5/h1-4H2/q-1. The molecule has 0 aromatic carbocycles. The number of ether oxygens (including phenoxy) is 1. The zero-order valence-electron chi connectivity index (χ0n) is 4.09. The molecule has 0 amide bonds. The smallest absolute Gasteiger partial charge is 0.0576 e. The molecule has 7 heavy (non-hydrogen) atoms. The highest BCUT2D eigenvalue weighted by Crippen LogP contribution is 1.90. The van der Waals surface area contributed by atoms with Crippen molar-refractivity contribution in [2.75, 3.05) is 26.3 Å². The first-order chi connectivity index (χ1) is 3.39. The average Bonchev–Trinajstić information content (AvgIpc) is 1.69. The van der Waals surface area contributed by atoms with Crippen molar-refractivity contribution >= 4 is 12.8 Å². The Morgan fingerprint density at radius 3 is 2.14 bits per heavy atom. The Labute approximate surface area is 49.0 Å². The van der Waals surface area contributed by atoms with Gasteiger partial charge in [-0.05, 0) is 0 Å². The fourth-order valence-electron chi connectivity index (χ4n) is 0.547. The number of hydrogen-bond acceptors (Lipinski definition) is 3. The summed E-state index contributed by atoms with van der Waals surface area (Å²) < 4.78 is 6.88. The van der Waals surface area contributed by atoms with Gasteiger partial charge in [0.25, 0.3) is 0 Å². The van der Waals surface area contributed by atoms with Crippen LogP contribution in [0.25, 0.3) is 0 Å². The summed E-state index contributed by atoms with van der Waals surface area (Å²) in [6.07, 6.45) is 0. The summed E-state index contributed by atoms with van der Waals surface area (Å²) in [4.78, 5) is 0. The molecule has 1 aliphatic rings. The first-order valence-electron chi connectivity index (χ1n) is 2.39. The third-order valence-electron chi connectivity index (χ3n) is 0.970. The summed E-state index contributed by atoms with van der Waals surface area (Å²) in [6, 6.07) is 0. The molecular weight excluding hydrogens is 110 g/mol. The molecule has 0 saturated carbocycles. The van der Waals surface area contributed by atoms with Crippen LogP contribution in [0.1, 0.15) is 0 Å². The van der Waals surface area contributed by atoms with Gasteiger partial charge in [0.1, 0.15) is 0 Å². The molecule has 0 bridgehead atoms. The van der Waals surface area contributed by atoms with Crippen molar-refractivity contribution in [2.45, 2.75) is 0 Å². The molecule has 0 aromatic heterocycles. The third-order valence-corrected chi connectivity index (χ3v) is 1.34. The maximum Gasteiger partial charge on any atom is 0.0576 e. The topological polar surface area (TPSA) is 12.5 Å². The number of morpholine rings is 1. The van der Waals surface area contributed by atoms with E-state index < -0.39 is 0 Å². The minimum Gasteiger partial charge on any atom is -0.702 e. The molecule has 42 valence electrons. The van der Waals surface area contributed by atoms with Crippen LogP contribution in [-0.2, 0) is 17.6 Å². The molecule has 1 saturated heterocycles. The molecular formula is C4H8NOS-. The van der Waals surface area contributed by atoms with Crippen LogP contribution >= 0.6 is 0 Å². The summed E-state index contributed by atoms with van der Waals surface area (Å²) in [5, 5.41) is 0. The summed E-state index contributed by atoms with van der Waals surface area (Å²) in [7, 11) is 0. The minimum atomic E-state index is 0.809. The lowest BCUT2D eigenvalue weighted by molar-refractivity contribution is 0.0778. The minimum absolute atomic E-state index is 0.809. The monoisotopic (exact) mass is 118 g/mol. The third kappa shape index (κ3) is 1.67. The average molecular weight is 118 g/mol. The van der Waals surface area contributed by atoms with E-state index in [2.05, 4.69) is 0 Å². The van der Waals surface area contributed by atoms with Gasteiger partial charge >= 0.3 is 0 Å². The van der Waals surface area contributed by atoms with Crippen molar-refractivity contribution < 1.29 is 4.74 Å². The van der Waals surface area contributed by atoms with E-state index in [0.29, 0.717) is 0 Å². The maximum atomic E-state index is 5.03. The first-order valence-corrected chi connectivity index (χ1v) is 2.76. The van der Waals surface area contributed by atoms with E-state index in [9.17, 15) is 0 Å². The lowest BCUT2D eigenvalue weighted by Gasteiger charge is -2.32. The van der Waals surface area contributed by atoms with Crippen molar-refractivity contribution in [2.24, 2.45) is 0 Å². The Kier molecular flexibility index (Phi) is 1.97. The molecule has 1 fully saturated rings. The maximum absolute atomic E-state index is 5.03. The highest BCUT2D eigenvalue weighted by atomic mass is 32.1. The molecule has 1 heterocycles. The van der Waals surface area contributed by atoms with Gasteiger partial charge in [0.15, 0.2) is 0 Å². The van der Waals surface area contributed by atoms with E-state index in [-0.39, 0.29) is 0 Å². The summed E-state index contributed by atoms with van der Waals surface area (Å²) >= 11 is 4.84. The molecule has 0 radical (unpaired) electrons. The molecule has 0 spiro atoms. The zero-order chi connectivity index (χ0) is 5.11. The van der Waals surface area contributed by atoms with Gasteiger partial charge in [-0.2, -0.15) is 0 Å². The van der Waals surface area contributed by atoms with E-state index in [1.54, 1.807) is 0 Å². The fourth-order valence-corrected chi connectivity index (χ4v) is 0.696. The van der Waals surface area contributed by atoms with Crippen LogP contribution in [0.4, 0.5) is 0 Å². The van der Waals surface area contributed by atoms with E-state index >= 15 is 0 Å². The van der Waals surface area contributed by atoms with E-state index in [0.717, 1.165) is 26.3 Å². The van der Waals surface area contributed by atoms with Gasteiger partial charge in [-0.25, -0.2) is 0 Å². The van der Waals surface area contributed by atoms with Gasteiger partial charge < -0.3 is 21.9 Å². The Hall–Kier alpha value is 0.270. The quantitative estimate of drug-likeness (QED) is 0.408. The molecule has 3 heteroatoms. The van der Waals surface area contributed by atoms with Crippen molar-refractivity contribution in [1.82, 2.24) is 4.31 Å². The van der Waals surface area contributed by atoms with Gasteiger partial charge in [0.05, 0.1) is 13.2 Å². The SMILES string of the molecule is [S-]N1CCOCC1. The van der Waals surface area contributed by atoms with Crippen LogP contribution < -0.4 is 0 Å². The van der Waals surface area contributed by atoms with Crippen molar-refractivity contribution in [3.8, 4) is 0 Å². The number of nitrogens with zero attached hydrogens (tertiary/aromatic N) is 1. The molecule has 0 unspecified atom stereocenters. The predicted octanol–water partition coefficient (Wildman–Crippen LogP) is -0.220. The van der Waals surface area contributed by atoms with E-state index in [1.165, 1.54) is 0 Å². The van der Waals surface area contributed by atoms with Crippen molar-refractivity contribution in [3.05, 3.63) is 0 Å². The summed E-state index contributed by atoms with van der Waals surface area (Å²) in [5.41, 5.74) is 0. The summed E-state index contributed by atoms with van der Waals surface area (Å²) in [6.45, 7) is 3.44. The van der Waals surface area contributed by atoms with Gasteiger partial charge in [0.2, 0.25) is 0 Å². The normalized spacial score (nSPS) is 25.3. The Balaban J connectivity index is 2.12. The molecule has 1 rings (SSSR count). The molecule has 0 atom stereocenters. The van der Waals surface area contributed by atoms with E-state index in [1.807, 2.05) is 4.31 Å². The van der Waals surface area contributed by atoms with Crippen LogP contribution in [-0.4, -0.2) is 30.6 Å². The molecule has 1 aliphatic heterocycles. The van der Waals surface area contributed by atoms with Crippen LogP contribution in [0.15, 0.2) is 0 Å². The Morgan fingerprint density at radius 2 is 1.86 bits per heavy atom. The molecule has 2 nitrogen and oxygen atoms in total. The lowest BCUT2D eigenvalue weighted by atomic mass is 10.5. The number of rotatable bonds is 0. The predicted molar refractivity (Wildman–Crippen MR) is 29.8 cm³/mol. The van der Waals surface area contributed by atoms with Crippen molar-refractivity contribution in [3.63, 3.8) is 0 Å². The zero-order valence-corrected chi connectivity index (χ0v) is 4.91. The second-order valence-electron chi connectivity index (χ2n) is 1.54. The van der Waals surface area contributed by atoms with E-state index in [4.69, 9.17) is 17.6 Å². The molecule has 0 aliphatic carbocycles. The van der Waals surface area contributed by atoms with Gasteiger partial charge in [0, 0.05) is 13.1 Å². The van der Waals surface area contributed by atoms with Crippen LogP contribution in [0, 0.1) is 0 Å². The van der Waals surface area contributed by atoms with Gasteiger partial charge in [-0.1, -0.05) is 0 Å². The highest BCUT2D eigenvalue weighted by molar-refractivity contribution is 7.55. The molecule has 0 aromatic rings. The largest absolute Gasteiger partial charge is 0.702 e. The van der Waals surface area contributed by atoms with Gasteiger partial charge in [-0.15, -0.1) is 0 Å². The fraction of sp³-hybridized carbons (Fsp3) is 1.00. The Morgan fingerprint density at radius 1 is 1.29 bits per heavy atom. The van der Waals surface area contributed by atoms with Crippen LogP contribution in [0.5, 0.6) is 0 Å². The first kappa shape index (κ1) is 5.41. The van der Waals surface area contributed by atoms with Gasteiger partial charge in [-0.3, -0.25) is 0 Å². The second kappa shape index (κ2) is 2.55. The highest BCUT2D eigenvalue weighted by Gasteiger charge is 1.96. The Bertz CT molecular complexity index is 53.7.